The summed E-state index contributed by atoms with van der Waals surface area (Å²) in [6.07, 6.45) is -5.05. The molecule has 5 heteroatoms. The van der Waals surface area contributed by atoms with E-state index in [-0.39, 0.29) is 5.56 Å². The van der Waals surface area contributed by atoms with Gasteiger partial charge in [-0.1, -0.05) is 30.3 Å². The molecule has 0 fully saturated rings. The number of benzene rings is 1. The van der Waals surface area contributed by atoms with Gasteiger partial charge >= 0.3 is 6.18 Å². The number of allylic oxidation sites excluding steroid dienone is 1. The fraction of sp³-hybridized carbons (Fsp3) is 0.100. The average Bonchev–Trinajstić information content (AvgIpc) is 2.19. The molecule has 0 saturated heterocycles. The van der Waals surface area contributed by atoms with Crippen LogP contribution in [-0.2, 0) is 9.59 Å². The largest absolute Gasteiger partial charge is 0.455 e. The lowest BCUT2D eigenvalue weighted by Crippen LogP contribution is -2.24. The van der Waals surface area contributed by atoms with Gasteiger partial charge in [0.2, 0.25) is 0 Å². The zero-order valence-electron chi connectivity index (χ0n) is 7.34. The van der Waals surface area contributed by atoms with Crippen molar-refractivity contribution in [2.75, 3.05) is 0 Å². The molecule has 0 N–H and O–H groups in total. The second-order valence-electron chi connectivity index (χ2n) is 2.67. The van der Waals surface area contributed by atoms with Gasteiger partial charge in [0.1, 0.15) is 11.5 Å². The molecule has 0 aliphatic carbocycles. The van der Waals surface area contributed by atoms with Gasteiger partial charge in [-0.3, -0.25) is 4.79 Å². The van der Waals surface area contributed by atoms with Crippen LogP contribution in [0.4, 0.5) is 13.2 Å². The van der Waals surface area contributed by atoms with Gasteiger partial charge in [-0.05, 0) is 5.56 Å². The van der Waals surface area contributed by atoms with Gasteiger partial charge in [0, 0.05) is 0 Å². The highest BCUT2D eigenvalue weighted by atomic mass is 19.4. The van der Waals surface area contributed by atoms with Crippen molar-refractivity contribution in [3.05, 3.63) is 35.9 Å². The summed E-state index contributed by atoms with van der Waals surface area (Å²) in [5.74, 6) is -1.16. The van der Waals surface area contributed by atoms with Crippen molar-refractivity contribution in [2.24, 2.45) is 0 Å². The summed E-state index contributed by atoms with van der Waals surface area (Å²) >= 11 is 0. The van der Waals surface area contributed by atoms with E-state index in [0.717, 1.165) is 5.94 Å². The zero-order chi connectivity index (χ0) is 11.5. The van der Waals surface area contributed by atoms with Gasteiger partial charge in [0.05, 0.1) is 0 Å². The first-order valence-corrected chi connectivity index (χ1v) is 3.89. The van der Waals surface area contributed by atoms with Crippen molar-refractivity contribution < 1.29 is 22.8 Å². The van der Waals surface area contributed by atoms with Crippen LogP contribution in [0.1, 0.15) is 5.56 Å². The van der Waals surface area contributed by atoms with Gasteiger partial charge in [-0.2, -0.15) is 13.2 Å². The second kappa shape index (κ2) is 4.11. The van der Waals surface area contributed by atoms with Crippen molar-refractivity contribution in [1.82, 2.24) is 0 Å². The van der Waals surface area contributed by atoms with Crippen molar-refractivity contribution >= 4 is 17.3 Å². The SMILES string of the molecule is O=C=C(C(=O)C(F)(F)F)c1ccccc1. The summed E-state index contributed by atoms with van der Waals surface area (Å²) in [6.45, 7) is 0. The quantitative estimate of drug-likeness (QED) is 0.557. The molecule has 15 heavy (non-hydrogen) atoms. The summed E-state index contributed by atoms with van der Waals surface area (Å²) in [7, 11) is 0. The first-order chi connectivity index (χ1) is 6.96. The van der Waals surface area contributed by atoms with Gasteiger partial charge < -0.3 is 0 Å². The maximum absolute atomic E-state index is 12.0. The van der Waals surface area contributed by atoms with E-state index >= 15 is 0 Å². The molecule has 2 nitrogen and oxygen atoms in total. The first kappa shape index (κ1) is 11.2. The molecule has 0 aliphatic heterocycles. The Kier molecular flexibility index (Phi) is 3.07. The minimum absolute atomic E-state index is 0.0881. The van der Waals surface area contributed by atoms with Crippen LogP contribution >= 0.6 is 0 Å². The van der Waals surface area contributed by atoms with Crippen LogP contribution in [0.15, 0.2) is 30.3 Å². The third kappa shape index (κ3) is 2.54. The Morgan fingerprint density at radius 3 is 2.07 bits per heavy atom. The molecular weight excluding hydrogens is 209 g/mol. The van der Waals surface area contributed by atoms with Crippen LogP contribution in [0, 0.1) is 0 Å². The molecule has 0 radical (unpaired) electrons. The Hall–Kier alpha value is -1.87. The number of Topliss-reactive ketones (excluding diaryl/α,β-unsaturated/α-hetero) is 1. The predicted molar refractivity (Wildman–Crippen MR) is 46.6 cm³/mol. The molecule has 0 aliphatic rings. The second-order valence-corrected chi connectivity index (χ2v) is 2.67. The van der Waals surface area contributed by atoms with Gasteiger partial charge in [0.15, 0.2) is 0 Å². The van der Waals surface area contributed by atoms with E-state index in [4.69, 9.17) is 0 Å². The normalized spacial score (nSPS) is 10.6. The van der Waals surface area contributed by atoms with Gasteiger partial charge in [0.25, 0.3) is 5.78 Å². The highest BCUT2D eigenvalue weighted by Gasteiger charge is 2.41. The molecule has 1 rings (SSSR count). The third-order valence-corrected chi connectivity index (χ3v) is 1.65. The summed E-state index contributed by atoms with van der Waals surface area (Å²) < 4.78 is 36.1. The third-order valence-electron chi connectivity index (χ3n) is 1.65. The van der Waals surface area contributed by atoms with E-state index in [0.29, 0.717) is 0 Å². The van der Waals surface area contributed by atoms with Crippen LogP contribution in [0.3, 0.4) is 0 Å². The Morgan fingerprint density at radius 2 is 1.67 bits per heavy atom. The number of hydrogen-bond donors (Lipinski definition) is 0. The van der Waals surface area contributed by atoms with E-state index in [9.17, 15) is 22.8 Å². The van der Waals surface area contributed by atoms with Gasteiger partial charge in [-0.15, -0.1) is 0 Å². The Bertz CT molecular complexity index is 414. The standard InChI is InChI=1S/C10H5F3O2/c11-10(12,13)9(15)8(6-14)7-4-2-1-3-5-7/h1-5H. The van der Waals surface area contributed by atoms with Crippen LogP contribution in [0.25, 0.3) is 5.57 Å². The molecule has 1 aromatic rings. The molecule has 0 atom stereocenters. The number of rotatable bonds is 2. The van der Waals surface area contributed by atoms with Crippen LogP contribution in [0.5, 0.6) is 0 Å². The van der Waals surface area contributed by atoms with Crippen LogP contribution < -0.4 is 0 Å². The Labute approximate surface area is 83.0 Å². The highest BCUT2D eigenvalue weighted by Crippen LogP contribution is 2.24. The van der Waals surface area contributed by atoms with Crippen molar-refractivity contribution in [2.45, 2.75) is 6.18 Å². The summed E-state index contributed by atoms with van der Waals surface area (Å²) in [5.41, 5.74) is -1.09. The van der Waals surface area contributed by atoms with E-state index in [2.05, 4.69) is 0 Å². The van der Waals surface area contributed by atoms with E-state index in [1.807, 2.05) is 0 Å². The fourth-order valence-corrected chi connectivity index (χ4v) is 0.983. The number of carbonyl (C=O) groups excluding carboxylic acids is 2. The van der Waals surface area contributed by atoms with Crippen LogP contribution in [0.2, 0.25) is 0 Å². The maximum atomic E-state index is 12.0. The molecule has 78 valence electrons. The van der Waals surface area contributed by atoms with Gasteiger partial charge in [-0.25, -0.2) is 4.79 Å². The molecule has 0 amide bonds. The first-order valence-electron chi connectivity index (χ1n) is 3.89. The molecule has 0 spiro atoms. The fourth-order valence-electron chi connectivity index (χ4n) is 0.983. The van der Waals surface area contributed by atoms with E-state index in [1.54, 1.807) is 6.07 Å². The monoisotopic (exact) mass is 214 g/mol. The lowest BCUT2D eigenvalue weighted by Gasteiger charge is -2.05. The van der Waals surface area contributed by atoms with Crippen molar-refractivity contribution in [3.63, 3.8) is 0 Å². The van der Waals surface area contributed by atoms with Crippen molar-refractivity contribution in [1.29, 1.82) is 0 Å². The highest BCUT2D eigenvalue weighted by molar-refractivity contribution is 6.30. The Morgan fingerprint density at radius 1 is 1.13 bits per heavy atom. The average molecular weight is 214 g/mol. The van der Waals surface area contributed by atoms with Crippen molar-refractivity contribution in [3.8, 4) is 0 Å². The maximum Gasteiger partial charge on any atom is 0.455 e. The summed E-state index contributed by atoms with van der Waals surface area (Å²) in [5, 5.41) is 0. The smallest absolute Gasteiger partial charge is 0.283 e. The van der Waals surface area contributed by atoms with E-state index < -0.39 is 17.5 Å². The molecule has 0 saturated carbocycles. The number of alkyl halides is 3. The molecule has 0 heterocycles. The lowest BCUT2D eigenvalue weighted by atomic mass is 10.0. The number of halogens is 3. The topological polar surface area (TPSA) is 34.1 Å². The summed E-state index contributed by atoms with van der Waals surface area (Å²) in [4.78, 5) is 21.1. The number of hydrogen-bond acceptors (Lipinski definition) is 2. The number of carbonyl (C=O) groups is 1. The van der Waals surface area contributed by atoms with E-state index in [1.165, 1.54) is 24.3 Å². The zero-order valence-corrected chi connectivity index (χ0v) is 7.34. The number of ketones is 1. The molecule has 0 aromatic heterocycles. The Balaban J connectivity index is 3.14. The summed E-state index contributed by atoms with van der Waals surface area (Å²) in [6, 6.07) is 6.89. The molecule has 1 aromatic carbocycles. The lowest BCUT2D eigenvalue weighted by molar-refractivity contribution is -0.164. The molecule has 0 bridgehead atoms. The minimum Gasteiger partial charge on any atom is -0.283 e. The predicted octanol–water partition coefficient (Wildman–Crippen LogP) is 2.03. The minimum atomic E-state index is -5.05. The molecular formula is C10H5F3O2. The van der Waals surface area contributed by atoms with Crippen LogP contribution in [-0.4, -0.2) is 17.9 Å². The molecule has 0 unspecified atom stereocenters.